The van der Waals surface area contributed by atoms with Crippen LogP contribution in [0.1, 0.15) is 30.2 Å². The third kappa shape index (κ3) is 3.86. The van der Waals surface area contributed by atoms with E-state index in [0.29, 0.717) is 17.7 Å². The standard InChI is InChI=1S/C14H19ClN4O3/c1-9-11(13(15)22-18-9)4-5-12(20)16-8-14(2,21)10-6-17-19(3)7-10/h6-7,21H,4-5,8H2,1-3H3,(H,16,20). The summed E-state index contributed by atoms with van der Waals surface area (Å²) in [6, 6.07) is 0. The number of aromatic nitrogens is 3. The molecule has 7 nitrogen and oxygen atoms in total. The number of nitrogens with zero attached hydrogens (tertiary/aromatic N) is 3. The van der Waals surface area contributed by atoms with Crippen LogP contribution in [0.4, 0.5) is 0 Å². The molecule has 2 aromatic rings. The molecule has 1 atom stereocenters. The number of hydrogen-bond donors (Lipinski definition) is 2. The highest BCUT2D eigenvalue weighted by atomic mass is 35.5. The topological polar surface area (TPSA) is 93.2 Å². The molecule has 0 aliphatic rings. The van der Waals surface area contributed by atoms with Crippen LogP contribution >= 0.6 is 11.6 Å². The SMILES string of the molecule is Cc1noc(Cl)c1CCC(=O)NCC(C)(O)c1cnn(C)c1. The van der Waals surface area contributed by atoms with E-state index in [0.717, 1.165) is 5.56 Å². The largest absolute Gasteiger partial charge is 0.383 e. The predicted molar refractivity (Wildman–Crippen MR) is 80.4 cm³/mol. The quantitative estimate of drug-likeness (QED) is 0.835. The third-order valence-corrected chi connectivity index (χ3v) is 3.79. The summed E-state index contributed by atoms with van der Waals surface area (Å²) in [6.07, 6.45) is 3.97. The molecule has 2 N–H and O–H groups in total. The molecule has 2 aromatic heterocycles. The van der Waals surface area contributed by atoms with Gasteiger partial charge in [0.15, 0.2) is 0 Å². The highest BCUT2D eigenvalue weighted by molar-refractivity contribution is 6.29. The minimum Gasteiger partial charge on any atom is -0.383 e. The number of rotatable bonds is 6. The monoisotopic (exact) mass is 326 g/mol. The first-order valence-corrected chi connectivity index (χ1v) is 7.26. The highest BCUT2D eigenvalue weighted by Crippen LogP contribution is 2.21. The molecule has 2 rings (SSSR count). The molecule has 0 aliphatic carbocycles. The van der Waals surface area contributed by atoms with Crippen LogP contribution in [0.15, 0.2) is 16.9 Å². The fraction of sp³-hybridized carbons (Fsp3) is 0.500. The first-order chi connectivity index (χ1) is 10.3. The van der Waals surface area contributed by atoms with E-state index < -0.39 is 5.60 Å². The van der Waals surface area contributed by atoms with Gasteiger partial charge in [-0.05, 0) is 31.9 Å². The molecule has 120 valence electrons. The molecular formula is C14H19ClN4O3. The lowest BCUT2D eigenvalue weighted by atomic mass is 9.99. The molecule has 22 heavy (non-hydrogen) atoms. The van der Waals surface area contributed by atoms with Crippen LogP contribution in [-0.4, -0.2) is 32.5 Å². The second kappa shape index (κ2) is 6.50. The average Bonchev–Trinajstić information content (AvgIpc) is 3.02. The van der Waals surface area contributed by atoms with Crippen LogP contribution < -0.4 is 5.32 Å². The van der Waals surface area contributed by atoms with Gasteiger partial charge in [-0.25, -0.2) is 0 Å². The first kappa shape index (κ1) is 16.5. The summed E-state index contributed by atoms with van der Waals surface area (Å²) >= 11 is 5.85. The minimum atomic E-state index is -1.17. The zero-order valence-electron chi connectivity index (χ0n) is 12.8. The average molecular weight is 327 g/mol. The van der Waals surface area contributed by atoms with Crippen molar-refractivity contribution in [2.45, 2.75) is 32.3 Å². The molecule has 0 aromatic carbocycles. The van der Waals surface area contributed by atoms with E-state index in [1.54, 1.807) is 38.0 Å². The van der Waals surface area contributed by atoms with Gasteiger partial charge in [-0.1, -0.05) is 5.16 Å². The molecule has 0 radical (unpaired) electrons. The van der Waals surface area contributed by atoms with Crippen molar-refractivity contribution in [3.8, 4) is 0 Å². The Kier molecular flexibility index (Phi) is 4.87. The summed E-state index contributed by atoms with van der Waals surface area (Å²) < 4.78 is 6.44. The molecule has 0 bridgehead atoms. The zero-order chi connectivity index (χ0) is 16.3. The van der Waals surface area contributed by atoms with Gasteiger partial charge < -0.3 is 14.9 Å². The molecular weight excluding hydrogens is 308 g/mol. The van der Waals surface area contributed by atoms with Gasteiger partial charge in [-0.2, -0.15) is 5.10 Å². The Hall–Kier alpha value is -1.86. The van der Waals surface area contributed by atoms with Crippen molar-refractivity contribution in [1.82, 2.24) is 20.3 Å². The summed E-state index contributed by atoms with van der Waals surface area (Å²) in [4.78, 5) is 11.9. The number of amides is 1. The van der Waals surface area contributed by atoms with E-state index in [4.69, 9.17) is 16.1 Å². The second-order valence-electron chi connectivity index (χ2n) is 5.47. The smallest absolute Gasteiger partial charge is 0.229 e. The van der Waals surface area contributed by atoms with Gasteiger partial charge in [-0.3, -0.25) is 9.48 Å². The van der Waals surface area contributed by atoms with Crippen molar-refractivity contribution in [1.29, 1.82) is 0 Å². The minimum absolute atomic E-state index is 0.105. The van der Waals surface area contributed by atoms with E-state index in [2.05, 4.69) is 15.6 Å². The Morgan fingerprint density at radius 1 is 1.59 bits per heavy atom. The van der Waals surface area contributed by atoms with E-state index in [1.165, 1.54) is 0 Å². The lowest BCUT2D eigenvalue weighted by molar-refractivity contribution is -0.122. The van der Waals surface area contributed by atoms with Crippen LogP contribution in [0.2, 0.25) is 5.22 Å². The van der Waals surface area contributed by atoms with Gasteiger partial charge in [0.25, 0.3) is 0 Å². The highest BCUT2D eigenvalue weighted by Gasteiger charge is 2.25. The van der Waals surface area contributed by atoms with Gasteiger partial charge in [0.1, 0.15) is 5.60 Å². The number of aliphatic hydroxyl groups is 1. The molecule has 1 amide bonds. The molecule has 8 heteroatoms. The van der Waals surface area contributed by atoms with Crippen molar-refractivity contribution in [2.24, 2.45) is 7.05 Å². The Morgan fingerprint density at radius 3 is 2.86 bits per heavy atom. The molecule has 0 aliphatic heterocycles. The van der Waals surface area contributed by atoms with Gasteiger partial charge in [-0.15, -0.1) is 0 Å². The van der Waals surface area contributed by atoms with E-state index in [1.807, 2.05) is 0 Å². The van der Waals surface area contributed by atoms with Crippen molar-refractivity contribution in [3.63, 3.8) is 0 Å². The molecule has 0 spiro atoms. The fourth-order valence-electron chi connectivity index (χ4n) is 2.04. The van der Waals surface area contributed by atoms with Crippen LogP contribution in [0.5, 0.6) is 0 Å². The normalized spacial score (nSPS) is 13.9. The number of hydrogen-bond acceptors (Lipinski definition) is 5. The zero-order valence-corrected chi connectivity index (χ0v) is 13.5. The number of carbonyl (C=O) groups is 1. The van der Waals surface area contributed by atoms with Crippen molar-refractivity contribution in [2.75, 3.05) is 6.54 Å². The van der Waals surface area contributed by atoms with Crippen LogP contribution in [0, 0.1) is 6.92 Å². The number of halogens is 1. The Morgan fingerprint density at radius 2 is 2.32 bits per heavy atom. The van der Waals surface area contributed by atoms with Crippen LogP contribution in [0.25, 0.3) is 0 Å². The number of nitrogens with one attached hydrogen (secondary N) is 1. The molecule has 2 heterocycles. The maximum atomic E-state index is 11.9. The Bertz CT molecular complexity index is 643. The molecule has 0 saturated carbocycles. The Balaban J connectivity index is 1.85. The molecule has 1 unspecified atom stereocenters. The summed E-state index contributed by atoms with van der Waals surface area (Å²) in [5.41, 5.74) is 0.888. The molecule has 0 saturated heterocycles. The number of aryl methyl sites for hydroxylation is 2. The van der Waals surface area contributed by atoms with Gasteiger partial charge in [0, 0.05) is 30.8 Å². The van der Waals surface area contributed by atoms with Gasteiger partial charge in [0.2, 0.25) is 11.1 Å². The van der Waals surface area contributed by atoms with Crippen molar-refractivity contribution in [3.05, 3.63) is 34.4 Å². The first-order valence-electron chi connectivity index (χ1n) is 6.88. The van der Waals surface area contributed by atoms with Crippen LogP contribution in [0.3, 0.4) is 0 Å². The summed E-state index contributed by atoms with van der Waals surface area (Å²) in [5, 5.41) is 21.0. The lowest BCUT2D eigenvalue weighted by Gasteiger charge is -2.22. The van der Waals surface area contributed by atoms with E-state index in [-0.39, 0.29) is 24.1 Å². The fourth-order valence-corrected chi connectivity index (χ4v) is 2.30. The summed E-state index contributed by atoms with van der Waals surface area (Å²) in [6.45, 7) is 3.51. The van der Waals surface area contributed by atoms with Crippen molar-refractivity contribution < 1.29 is 14.4 Å². The Labute approximate surface area is 133 Å². The summed E-state index contributed by atoms with van der Waals surface area (Å²) in [5.74, 6) is -0.180. The number of carbonyl (C=O) groups excluding carboxylic acids is 1. The van der Waals surface area contributed by atoms with Gasteiger partial charge in [0.05, 0.1) is 18.4 Å². The third-order valence-electron chi connectivity index (χ3n) is 3.50. The maximum Gasteiger partial charge on any atom is 0.229 e. The van der Waals surface area contributed by atoms with Gasteiger partial charge >= 0.3 is 0 Å². The second-order valence-corrected chi connectivity index (χ2v) is 5.82. The molecule has 0 fully saturated rings. The predicted octanol–water partition coefficient (Wildman–Crippen LogP) is 1.33. The lowest BCUT2D eigenvalue weighted by Crippen LogP contribution is -2.38. The van der Waals surface area contributed by atoms with E-state index in [9.17, 15) is 9.90 Å². The maximum absolute atomic E-state index is 11.9. The van der Waals surface area contributed by atoms with Crippen LogP contribution in [-0.2, 0) is 23.9 Å². The van der Waals surface area contributed by atoms with Crippen molar-refractivity contribution >= 4 is 17.5 Å². The summed E-state index contributed by atoms with van der Waals surface area (Å²) in [7, 11) is 1.77. The van der Waals surface area contributed by atoms with E-state index >= 15 is 0 Å².